The van der Waals surface area contributed by atoms with Crippen LogP contribution in [-0.2, 0) is 0 Å². The van der Waals surface area contributed by atoms with E-state index in [1.54, 1.807) is 7.11 Å². The Labute approximate surface area is 110 Å². The molecule has 1 saturated heterocycles. The highest BCUT2D eigenvalue weighted by molar-refractivity contribution is 5.29. The van der Waals surface area contributed by atoms with Crippen molar-refractivity contribution in [3.8, 4) is 5.75 Å². The Balaban J connectivity index is 2.17. The van der Waals surface area contributed by atoms with E-state index in [0.717, 1.165) is 12.3 Å². The van der Waals surface area contributed by atoms with Crippen molar-refractivity contribution in [1.82, 2.24) is 4.90 Å². The highest BCUT2D eigenvalue weighted by Gasteiger charge is 2.21. The quantitative estimate of drug-likeness (QED) is 0.748. The topological polar surface area (TPSA) is 12.5 Å². The lowest BCUT2D eigenvalue weighted by Gasteiger charge is -2.29. The predicted octanol–water partition coefficient (Wildman–Crippen LogP) is 3.80. The number of benzene rings is 1. The molecule has 0 radical (unpaired) electrons. The molecule has 0 saturated carbocycles. The Hall–Kier alpha value is -1.28. The van der Waals surface area contributed by atoms with Crippen molar-refractivity contribution in [2.75, 3.05) is 20.2 Å². The molecule has 0 amide bonds. The van der Waals surface area contributed by atoms with Crippen LogP contribution in [0.5, 0.6) is 5.75 Å². The second-order valence-electron chi connectivity index (χ2n) is 4.92. The van der Waals surface area contributed by atoms with E-state index in [2.05, 4.69) is 35.7 Å². The first kappa shape index (κ1) is 13.2. The molecular formula is C16H23NO. The number of nitrogens with zero attached hydrogens (tertiary/aromatic N) is 1. The van der Waals surface area contributed by atoms with Crippen molar-refractivity contribution >= 4 is 0 Å². The zero-order chi connectivity index (χ0) is 12.8. The maximum absolute atomic E-state index is 5.23. The summed E-state index contributed by atoms with van der Waals surface area (Å²) in [6.45, 7) is 6.05. The summed E-state index contributed by atoms with van der Waals surface area (Å²) in [5.74, 6) is 0.933. The normalized spacial score (nSPS) is 21.3. The van der Waals surface area contributed by atoms with E-state index in [-0.39, 0.29) is 0 Å². The van der Waals surface area contributed by atoms with Crippen LogP contribution in [0.4, 0.5) is 0 Å². The third-order valence-corrected chi connectivity index (χ3v) is 3.73. The second-order valence-corrected chi connectivity index (χ2v) is 4.92. The Morgan fingerprint density at radius 2 is 2.06 bits per heavy atom. The van der Waals surface area contributed by atoms with Crippen LogP contribution in [0.15, 0.2) is 36.9 Å². The molecule has 0 aliphatic carbocycles. The first-order valence-corrected chi connectivity index (χ1v) is 6.84. The van der Waals surface area contributed by atoms with Crippen LogP contribution in [0.3, 0.4) is 0 Å². The average Bonchev–Trinajstić information content (AvgIpc) is 2.65. The van der Waals surface area contributed by atoms with Crippen molar-refractivity contribution in [2.24, 2.45) is 0 Å². The van der Waals surface area contributed by atoms with Crippen LogP contribution < -0.4 is 4.74 Å². The third kappa shape index (κ3) is 3.14. The summed E-state index contributed by atoms with van der Waals surface area (Å²) in [4.78, 5) is 2.54. The van der Waals surface area contributed by atoms with Gasteiger partial charge in [0.1, 0.15) is 5.75 Å². The van der Waals surface area contributed by atoms with Crippen molar-refractivity contribution in [2.45, 2.75) is 31.7 Å². The average molecular weight is 245 g/mol. The summed E-state index contributed by atoms with van der Waals surface area (Å²) < 4.78 is 5.23. The van der Waals surface area contributed by atoms with Gasteiger partial charge in [-0.15, -0.1) is 6.58 Å². The summed E-state index contributed by atoms with van der Waals surface area (Å²) in [7, 11) is 1.71. The van der Waals surface area contributed by atoms with Gasteiger partial charge in [-0.3, -0.25) is 4.90 Å². The fourth-order valence-electron chi connectivity index (χ4n) is 2.76. The van der Waals surface area contributed by atoms with Gasteiger partial charge in [0.25, 0.3) is 0 Å². The molecule has 2 rings (SSSR count). The zero-order valence-electron chi connectivity index (χ0n) is 11.3. The van der Waals surface area contributed by atoms with Gasteiger partial charge in [-0.05, 0) is 37.1 Å². The van der Waals surface area contributed by atoms with Crippen LogP contribution in [0, 0.1) is 0 Å². The first-order chi connectivity index (χ1) is 8.85. The summed E-state index contributed by atoms with van der Waals surface area (Å²) in [5.41, 5.74) is 1.40. The summed E-state index contributed by atoms with van der Waals surface area (Å²) in [6, 6.07) is 9.06. The van der Waals surface area contributed by atoms with Crippen molar-refractivity contribution in [3.63, 3.8) is 0 Å². The summed E-state index contributed by atoms with van der Waals surface area (Å²) in [6.07, 6.45) is 7.24. The van der Waals surface area contributed by atoms with Gasteiger partial charge in [-0.2, -0.15) is 0 Å². The van der Waals surface area contributed by atoms with Gasteiger partial charge < -0.3 is 4.74 Å². The van der Waals surface area contributed by atoms with Crippen LogP contribution >= 0.6 is 0 Å². The minimum absolute atomic E-state index is 0.538. The first-order valence-electron chi connectivity index (χ1n) is 6.84. The lowest BCUT2D eigenvalue weighted by molar-refractivity contribution is 0.224. The molecule has 2 nitrogen and oxygen atoms in total. The van der Waals surface area contributed by atoms with Crippen LogP contribution in [0.25, 0.3) is 0 Å². The monoisotopic (exact) mass is 245 g/mol. The number of hydrogen-bond donors (Lipinski definition) is 0. The molecule has 1 unspecified atom stereocenters. The van der Waals surface area contributed by atoms with E-state index in [1.165, 1.54) is 37.8 Å². The molecule has 18 heavy (non-hydrogen) atoms. The maximum atomic E-state index is 5.23. The molecule has 0 N–H and O–H groups in total. The van der Waals surface area contributed by atoms with Gasteiger partial charge in [0.05, 0.1) is 7.11 Å². The highest BCUT2D eigenvalue weighted by Crippen LogP contribution is 2.30. The molecule has 0 aromatic heterocycles. The van der Waals surface area contributed by atoms with E-state index in [1.807, 2.05) is 6.08 Å². The van der Waals surface area contributed by atoms with Gasteiger partial charge >= 0.3 is 0 Å². The van der Waals surface area contributed by atoms with E-state index >= 15 is 0 Å². The van der Waals surface area contributed by atoms with Gasteiger partial charge in [-0.1, -0.05) is 31.1 Å². The van der Waals surface area contributed by atoms with E-state index in [4.69, 9.17) is 4.74 Å². The molecule has 0 bridgehead atoms. The smallest absolute Gasteiger partial charge is 0.118 e. The molecule has 1 heterocycles. The van der Waals surface area contributed by atoms with Gasteiger partial charge in [-0.25, -0.2) is 0 Å². The molecule has 1 aromatic carbocycles. The highest BCUT2D eigenvalue weighted by atomic mass is 16.5. The predicted molar refractivity (Wildman–Crippen MR) is 76.0 cm³/mol. The molecule has 98 valence electrons. The number of likely N-dealkylation sites (tertiary alicyclic amines) is 1. The zero-order valence-corrected chi connectivity index (χ0v) is 11.3. The molecular weight excluding hydrogens is 222 g/mol. The van der Waals surface area contributed by atoms with Gasteiger partial charge in [0.2, 0.25) is 0 Å². The molecule has 1 aliphatic rings. The molecule has 0 spiro atoms. The van der Waals surface area contributed by atoms with Gasteiger partial charge in [0, 0.05) is 12.6 Å². The lowest BCUT2D eigenvalue weighted by Crippen LogP contribution is -2.28. The van der Waals surface area contributed by atoms with Crippen molar-refractivity contribution in [1.29, 1.82) is 0 Å². The molecule has 1 atom stereocenters. The molecule has 1 aromatic rings. The number of hydrogen-bond acceptors (Lipinski definition) is 2. The maximum Gasteiger partial charge on any atom is 0.118 e. The van der Waals surface area contributed by atoms with E-state index in [9.17, 15) is 0 Å². The van der Waals surface area contributed by atoms with Crippen LogP contribution in [-0.4, -0.2) is 25.1 Å². The minimum atomic E-state index is 0.538. The summed E-state index contributed by atoms with van der Waals surface area (Å²) in [5, 5.41) is 0. The molecule has 2 heteroatoms. The Morgan fingerprint density at radius 3 is 2.72 bits per heavy atom. The molecule has 1 aliphatic heterocycles. The Kier molecular flexibility index (Phi) is 4.82. The third-order valence-electron chi connectivity index (χ3n) is 3.73. The fourth-order valence-corrected chi connectivity index (χ4v) is 2.76. The lowest BCUT2D eigenvalue weighted by atomic mass is 10.0. The Morgan fingerprint density at radius 1 is 1.28 bits per heavy atom. The number of rotatable bonds is 4. The Bertz CT molecular complexity index is 371. The number of methoxy groups -OCH3 is 1. The van der Waals surface area contributed by atoms with E-state index in [0.29, 0.717) is 6.04 Å². The van der Waals surface area contributed by atoms with Gasteiger partial charge in [0.15, 0.2) is 0 Å². The van der Waals surface area contributed by atoms with Crippen molar-refractivity contribution in [3.05, 3.63) is 42.5 Å². The minimum Gasteiger partial charge on any atom is -0.497 e. The standard InChI is InChI=1S/C16H23NO/c1-3-12-17-13-6-4-5-7-16(17)14-8-10-15(18-2)11-9-14/h3,8-11,16H,1,4-7,12-13H2,2H3. The van der Waals surface area contributed by atoms with E-state index < -0.39 is 0 Å². The number of ether oxygens (including phenoxy) is 1. The van der Waals surface area contributed by atoms with Crippen LogP contribution in [0.1, 0.15) is 37.3 Å². The van der Waals surface area contributed by atoms with Crippen molar-refractivity contribution < 1.29 is 4.74 Å². The molecule has 1 fully saturated rings. The fraction of sp³-hybridized carbons (Fsp3) is 0.500. The summed E-state index contributed by atoms with van der Waals surface area (Å²) >= 11 is 0. The van der Waals surface area contributed by atoms with Crippen LogP contribution in [0.2, 0.25) is 0 Å². The second kappa shape index (κ2) is 6.60. The SMILES string of the molecule is C=CCN1CCCCCC1c1ccc(OC)cc1. The largest absolute Gasteiger partial charge is 0.497 e.